The van der Waals surface area contributed by atoms with Gasteiger partial charge in [0.25, 0.3) is 5.91 Å². The van der Waals surface area contributed by atoms with Gasteiger partial charge >= 0.3 is 0 Å². The maximum atomic E-state index is 12.7. The van der Waals surface area contributed by atoms with E-state index in [1.54, 1.807) is 0 Å². The van der Waals surface area contributed by atoms with Crippen molar-refractivity contribution >= 4 is 11.6 Å². The van der Waals surface area contributed by atoms with E-state index >= 15 is 0 Å². The summed E-state index contributed by atoms with van der Waals surface area (Å²) in [6.07, 6.45) is 4.39. The first-order valence-corrected chi connectivity index (χ1v) is 11.0. The second-order valence-corrected chi connectivity index (χ2v) is 8.84. The van der Waals surface area contributed by atoms with Gasteiger partial charge in [0.1, 0.15) is 0 Å². The number of hydrogen-bond donors (Lipinski definition) is 1. The van der Waals surface area contributed by atoms with Crippen molar-refractivity contribution in [2.75, 3.05) is 38.6 Å². The lowest BCUT2D eigenvalue weighted by atomic mass is 9.88. The Balaban J connectivity index is 1.26. The zero-order chi connectivity index (χ0) is 21.0. The molecule has 1 atom stereocenters. The average molecular weight is 408 g/mol. The number of nitrogens with one attached hydrogen (secondary N) is 1. The zero-order valence-electron chi connectivity index (χ0n) is 18.1. The Morgan fingerprint density at radius 3 is 2.50 bits per heavy atom. The van der Waals surface area contributed by atoms with Crippen molar-refractivity contribution in [1.82, 2.24) is 10.2 Å². The van der Waals surface area contributed by atoms with Crippen LogP contribution in [0.15, 0.2) is 54.6 Å². The number of carbonyl (C=O) groups is 1. The highest BCUT2D eigenvalue weighted by atomic mass is 16.5. The summed E-state index contributed by atoms with van der Waals surface area (Å²) in [6, 6.07) is 18.4. The van der Waals surface area contributed by atoms with Gasteiger partial charge in [-0.25, -0.2) is 0 Å². The molecule has 2 aliphatic rings. The van der Waals surface area contributed by atoms with Crippen molar-refractivity contribution in [3.63, 3.8) is 0 Å². The smallest absolute Gasteiger partial charge is 0.253 e. The number of anilines is 1. The first kappa shape index (κ1) is 20.9. The van der Waals surface area contributed by atoms with Gasteiger partial charge in [-0.1, -0.05) is 42.5 Å². The van der Waals surface area contributed by atoms with Crippen LogP contribution in [0, 0.1) is 0 Å². The van der Waals surface area contributed by atoms with Crippen molar-refractivity contribution < 1.29 is 9.53 Å². The molecule has 1 unspecified atom stereocenters. The predicted molar refractivity (Wildman–Crippen MR) is 121 cm³/mol. The highest BCUT2D eigenvalue weighted by Gasteiger charge is 2.42. The van der Waals surface area contributed by atoms with Crippen LogP contribution in [0.3, 0.4) is 0 Å². The van der Waals surface area contributed by atoms with Gasteiger partial charge in [0.2, 0.25) is 0 Å². The first-order chi connectivity index (χ1) is 14.5. The number of carbonyl (C=O) groups excluding carboxylic acids is 1. The molecule has 2 fully saturated rings. The topological polar surface area (TPSA) is 44.8 Å². The molecule has 2 aromatic carbocycles. The van der Waals surface area contributed by atoms with Crippen molar-refractivity contribution in [2.45, 2.75) is 43.9 Å². The van der Waals surface area contributed by atoms with Gasteiger partial charge in [0.15, 0.2) is 0 Å². The Kier molecular flexibility index (Phi) is 6.40. The molecule has 2 aromatic rings. The van der Waals surface area contributed by atoms with Crippen LogP contribution in [-0.4, -0.2) is 56.2 Å². The number of rotatable bonds is 6. The summed E-state index contributed by atoms with van der Waals surface area (Å²) < 4.78 is 6.50. The minimum Gasteiger partial charge on any atom is -0.377 e. The number of para-hydroxylation sites is 1. The van der Waals surface area contributed by atoms with E-state index in [2.05, 4.69) is 40.5 Å². The molecule has 0 saturated carbocycles. The van der Waals surface area contributed by atoms with Crippen molar-refractivity contribution in [2.24, 2.45) is 0 Å². The third-order valence-corrected chi connectivity index (χ3v) is 6.48. The third kappa shape index (κ3) is 4.85. The second kappa shape index (κ2) is 9.19. The fourth-order valence-corrected chi connectivity index (χ4v) is 4.72. The number of nitrogens with zero attached hydrogens (tertiary/aromatic N) is 2. The van der Waals surface area contributed by atoms with Crippen LogP contribution < -0.4 is 10.2 Å². The molecule has 1 N–H and O–H groups in total. The van der Waals surface area contributed by atoms with Crippen LogP contribution in [0.25, 0.3) is 0 Å². The Morgan fingerprint density at radius 1 is 1.07 bits per heavy atom. The molecular formula is C25H33N3O2. The van der Waals surface area contributed by atoms with Gasteiger partial charge in [-0.15, -0.1) is 0 Å². The van der Waals surface area contributed by atoms with E-state index in [0.717, 1.165) is 51.0 Å². The van der Waals surface area contributed by atoms with Crippen molar-refractivity contribution in [3.8, 4) is 0 Å². The maximum Gasteiger partial charge on any atom is 0.253 e. The Bertz CT molecular complexity index is 844. The predicted octanol–water partition coefficient (Wildman–Crippen LogP) is 3.70. The first-order valence-electron chi connectivity index (χ1n) is 11.0. The zero-order valence-corrected chi connectivity index (χ0v) is 18.1. The summed E-state index contributed by atoms with van der Waals surface area (Å²) in [5, 5.41) is 3.10. The number of hydrogen-bond acceptors (Lipinski definition) is 4. The molecule has 2 saturated heterocycles. The molecule has 2 heterocycles. The minimum atomic E-state index is -0.0264. The van der Waals surface area contributed by atoms with E-state index < -0.39 is 0 Å². The highest BCUT2D eigenvalue weighted by molar-refractivity contribution is 5.99. The van der Waals surface area contributed by atoms with E-state index in [4.69, 9.17) is 4.74 Å². The fourth-order valence-electron chi connectivity index (χ4n) is 4.72. The summed E-state index contributed by atoms with van der Waals surface area (Å²) in [4.78, 5) is 17.2. The highest BCUT2D eigenvalue weighted by Crippen LogP contribution is 2.39. The molecule has 0 bridgehead atoms. The summed E-state index contributed by atoms with van der Waals surface area (Å²) in [7, 11) is 3.92. The van der Waals surface area contributed by atoms with Gasteiger partial charge in [-0.3, -0.25) is 9.69 Å². The van der Waals surface area contributed by atoms with Gasteiger partial charge in [-0.05, 0) is 43.4 Å². The molecule has 160 valence electrons. The lowest BCUT2D eigenvalue weighted by Gasteiger charge is -2.39. The molecule has 1 spiro atoms. The molecular weight excluding hydrogens is 374 g/mol. The maximum absolute atomic E-state index is 12.7. The molecule has 30 heavy (non-hydrogen) atoms. The van der Waals surface area contributed by atoms with Crippen LogP contribution in [0.2, 0.25) is 0 Å². The van der Waals surface area contributed by atoms with Crippen LogP contribution in [0.4, 0.5) is 5.69 Å². The van der Waals surface area contributed by atoms with E-state index in [1.165, 1.54) is 5.56 Å². The van der Waals surface area contributed by atoms with Crippen LogP contribution >= 0.6 is 0 Å². The SMILES string of the molecule is CN(C)c1ccccc1C(=O)NCC1CCC2(CCN(Cc3ccccc3)CC2)O1. The molecule has 2 aliphatic heterocycles. The molecule has 4 rings (SSSR count). The van der Waals surface area contributed by atoms with Crippen molar-refractivity contribution in [1.29, 1.82) is 0 Å². The largest absolute Gasteiger partial charge is 0.377 e. The minimum absolute atomic E-state index is 0.00409. The van der Waals surface area contributed by atoms with Crippen LogP contribution in [0.5, 0.6) is 0 Å². The standard InChI is InChI=1S/C25H33N3O2/c1-27(2)23-11-7-6-10-22(23)24(29)26-18-21-12-13-25(30-21)14-16-28(17-15-25)19-20-8-4-3-5-9-20/h3-11,21H,12-19H2,1-2H3,(H,26,29). The normalized spacial score (nSPS) is 20.9. The van der Waals surface area contributed by atoms with Gasteiger partial charge in [-0.2, -0.15) is 0 Å². The monoisotopic (exact) mass is 407 g/mol. The Morgan fingerprint density at radius 2 is 1.77 bits per heavy atom. The molecule has 1 amide bonds. The fraction of sp³-hybridized carbons (Fsp3) is 0.480. The molecule has 5 heteroatoms. The summed E-state index contributed by atoms with van der Waals surface area (Å²) in [5.41, 5.74) is 3.03. The van der Waals surface area contributed by atoms with Gasteiger partial charge in [0, 0.05) is 46.0 Å². The van der Waals surface area contributed by atoms with Crippen LogP contribution in [0.1, 0.15) is 41.6 Å². The Labute approximate surface area is 180 Å². The second-order valence-electron chi connectivity index (χ2n) is 8.84. The molecule has 0 aliphatic carbocycles. The van der Waals surface area contributed by atoms with Gasteiger partial charge in [0.05, 0.1) is 17.3 Å². The average Bonchev–Trinajstić information content (AvgIpc) is 3.17. The number of ether oxygens (including phenoxy) is 1. The number of amides is 1. The van der Waals surface area contributed by atoms with Crippen molar-refractivity contribution in [3.05, 3.63) is 65.7 Å². The molecule has 0 aromatic heterocycles. The summed E-state index contributed by atoms with van der Waals surface area (Å²) >= 11 is 0. The molecule has 5 nitrogen and oxygen atoms in total. The van der Waals surface area contributed by atoms with E-state index in [1.807, 2.05) is 43.3 Å². The molecule has 0 radical (unpaired) electrons. The third-order valence-electron chi connectivity index (χ3n) is 6.48. The number of piperidine rings is 1. The number of benzene rings is 2. The summed E-state index contributed by atoms with van der Waals surface area (Å²) in [6.45, 7) is 3.74. The number of likely N-dealkylation sites (tertiary alicyclic amines) is 1. The quantitative estimate of drug-likeness (QED) is 0.793. The van der Waals surface area contributed by atoms with E-state index in [-0.39, 0.29) is 17.6 Å². The van der Waals surface area contributed by atoms with Gasteiger partial charge < -0.3 is 15.0 Å². The lowest BCUT2D eigenvalue weighted by Crippen LogP contribution is -2.44. The summed E-state index contributed by atoms with van der Waals surface area (Å²) in [5.74, 6) is -0.0264. The van der Waals surface area contributed by atoms with Crippen LogP contribution in [-0.2, 0) is 11.3 Å². The Hall–Kier alpha value is -2.37. The lowest BCUT2D eigenvalue weighted by molar-refractivity contribution is -0.0764. The van der Waals surface area contributed by atoms with E-state index in [0.29, 0.717) is 12.1 Å². The van der Waals surface area contributed by atoms with E-state index in [9.17, 15) is 4.79 Å².